The zero-order chi connectivity index (χ0) is 13.8. The van der Waals surface area contributed by atoms with E-state index >= 15 is 0 Å². The summed E-state index contributed by atoms with van der Waals surface area (Å²) in [5.41, 5.74) is 2.82. The molecule has 1 aliphatic rings. The van der Waals surface area contributed by atoms with Gasteiger partial charge in [0.25, 0.3) is 11.3 Å². The van der Waals surface area contributed by atoms with E-state index in [0.29, 0.717) is 11.6 Å². The maximum atomic E-state index is 11.4. The maximum absolute atomic E-state index is 11.4. The van der Waals surface area contributed by atoms with E-state index in [-0.39, 0.29) is 5.75 Å². The molecule has 0 heterocycles. The van der Waals surface area contributed by atoms with Crippen molar-refractivity contribution in [3.8, 4) is 5.75 Å². The number of phenolic OH excluding ortho intramolecular Hbond substituents is 1. The van der Waals surface area contributed by atoms with Crippen molar-refractivity contribution in [1.29, 1.82) is 0 Å². The van der Waals surface area contributed by atoms with E-state index in [4.69, 9.17) is 0 Å². The minimum Gasteiger partial charge on any atom is -0.506 e. The third-order valence-electron chi connectivity index (χ3n) is 3.77. The van der Waals surface area contributed by atoms with E-state index in [0.717, 1.165) is 5.56 Å². The average molecular weight is 283 g/mol. The van der Waals surface area contributed by atoms with Crippen molar-refractivity contribution in [3.63, 3.8) is 0 Å². The molecule has 0 amide bonds. The van der Waals surface area contributed by atoms with Crippen molar-refractivity contribution in [2.45, 2.75) is 44.9 Å². The minimum atomic E-state index is -1.62. The Kier molecular flexibility index (Phi) is 4.82. The molecular formula is C14H21NO3S. The van der Waals surface area contributed by atoms with Crippen LogP contribution in [0.1, 0.15) is 49.1 Å². The zero-order valence-electron chi connectivity index (χ0n) is 11.4. The molecule has 0 aliphatic heterocycles. The normalized spacial score (nSPS) is 18.2. The average Bonchev–Trinajstić information content (AvgIpc) is 2.42. The summed E-state index contributed by atoms with van der Waals surface area (Å²) >= 11 is -1.62. The molecule has 0 bridgehead atoms. The van der Waals surface area contributed by atoms with Gasteiger partial charge in [0.2, 0.25) is 0 Å². The fourth-order valence-electron chi connectivity index (χ4n) is 2.78. The molecule has 2 N–H and O–H groups in total. The molecule has 1 saturated carbocycles. The number of rotatable bonds is 4. The van der Waals surface area contributed by atoms with Gasteiger partial charge in [0.15, 0.2) is 0 Å². The largest absolute Gasteiger partial charge is 0.506 e. The monoisotopic (exact) mass is 283 g/mol. The summed E-state index contributed by atoms with van der Waals surface area (Å²) < 4.78 is 18.7. The van der Waals surface area contributed by atoms with Crippen molar-refractivity contribution in [3.05, 3.63) is 23.3 Å². The number of aromatic hydroxyl groups is 1. The standard InChI is InChI=1S/C14H21NO3S/c1-10-8-14(16)13(15-19(17)18-2)9-12(10)11-6-4-3-5-7-11/h8-9,11,15-16H,3-7H2,1-2H3. The van der Waals surface area contributed by atoms with Crippen LogP contribution in [0.3, 0.4) is 0 Å². The van der Waals surface area contributed by atoms with E-state index in [1.54, 1.807) is 6.07 Å². The summed E-state index contributed by atoms with van der Waals surface area (Å²) in [5.74, 6) is 0.660. The number of hydrogen-bond donors (Lipinski definition) is 2. The van der Waals surface area contributed by atoms with Gasteiger partial charge in [-0.15, -0.1) is 0 Å². The second-order valence-electron chi connectivity index (χ2n) is 5.06. The molecule has 4 nitrogen and oxygen atoms in total. The van der Waals surface area contributed by atoms with Crippen LogP contribution in [0.4, 0.5) is 5.69 Å². The van der Waals surface area contributed by atoms with E-state index < -0.39 is 11.3 Å². The molecule has 1 unspecified atom stereocenters. The second kappa shape index (κ2) is 6.39. The Morgan fingerprint density at radius 2 is 2.00 bits per heavy atom. The molecule has 1 aromatic rings. The van der Waals surface area contributed by atoms with Gasteiger partial charge in [-0.2, -0.15) is 0 Å². The predicted octanol–water partition coefficient (Wildman–Crippen LogP) is 3.39. The number of nitrogens with one attached hydrogen (secondary N) is 1. The summed E-state index contributed by atoms with van der Waals surface area (Å²) in [7, 11) is 1.36. The molecule has 0 aromatic heterocycles. The smallest absolute Gasteiger partial charge is 0.261 e. The van der Waals surface area contributed by atoms with Crippen LogP contribution in [0.2, 0.25) is 0 Å². The number of benzene rings is 1. The molecule has 1 atom stereocenters. The lowest BCUT2D eigenvalue weighted by Gasteiger charge is -2.24. The Hall–Kier alpha value is -1.07. The Balaban J connectivity index is 2.27. The van der Waals surface area contributed by atoms with Gasteiger partial charge in [-0.3, -0.25) is 8.91 Å². The number of aryl methyl sites for hydroxylation is 1. The first-order chi connectivity index (χ1) is 9.11. The Morgan fingerprint density at radius 3 is 2.63 bits per heavy atom. The SMILES string of the molecule is COS(=O)Nc1cc(C2CCCCC2)c(C)cc1O. The van der Waals surface area contributed by atoms with Gasteiger partial charge < -0.3 is 5.11 Å². The van der Waals surface area contributed by atoms with E-state index in [2.05, 4.69) is 8.91 Å². The molecule has 1 aliphatic carbocycles. The highest BCUT2D eigenvalue weighted by molar-refractivity contribution is 7.81. The van der Waals surface area contributed by atoms with Crippen LogP contribution < -0.4 is 4.72 Å². The lowest BCUT2D eigenvalue weighted by molar-refractivity contribution is 0.440. The van der Waals surface area contributed by atoms with E-state index in [9.17, 15) is 9.32 Å². The van der Waals surface area contributed by atoms with Crippen LogP contribution in [0, 0.1) is 6.92 Å². The lowest BCUT2D eigenvalue weighted by Crippen LogP contribution is -2.09. The van der Waals surface area contributed by atoms with Crippen LogP contribution in [0.5, 0.6) is 5.75 Å². The van der Waals surface area contributed by atoms with Crippen molar-refractivity contribution in [2.24, 2.45) is 0 Å². The highest BCUT2D eigenvalue weighted by Gasteiger charge is 2.19. The van der Waals surface area contributed by atoms with E-state index in [1.165, 1.54) is 44.8 Å². The topological polar surface area (TPSA) is 58.6 Å². The van der Waals surface area contributed by atoms with Crippen LogP contribution in [0.15, 0.2) is 12.1 Å². The highest BCUT2D eigenvalue weighted by Crippen LogP contribution is 2.38. The predicted molar refractivity (Wildman–Crippen MR) is 77.4 cm³/mol. The molecule has 0 spiro atoms. The Morgan fingerprint density at radius 1 is 1.32 bits per heavy atom. The summed E-state index contributed by atoms with van der Waals surface area (Å²) in [4.78, 5) is 0. The first kappa shape index (κ1) is 14.3. The molecule has 0 saturated heterocycles. The van der Waals surface area contributed by atoms with Crippen molar-refractivity contribution in [1.82, 2.24) is 0 Å². The molecule has 2 rings (SSSR count). The van der Waals surface area contributed by atoms with Gasteiger partial charge in [0.1, 0.15) is 5.75 Å². The zero-order valence-corrected chi connectivity index (χ0v) is 12.3. The Bertz CT molecular complexity index is 470. The van der Waals surface area contributed by atoms with Crippen molar-refractivity contribution < 1.29 is 13.5 Å². The summed E-state index contributed by atoms with van der Waals surface area (Å²) in [6.07, 6.45) is 6.22. The first-order valence-electron chi connectivity index (χ1n) is 6.68. The molecule has 1 fully saturated rings. The number of hydrogen-bond acceptors (Lipinski definition) is 3. The molecule has 106 valence electrons. The van der Waals surface area contributed by atoms with E-state index in [1.807, 2.05) is 13.0 Å². The molecular weight excluding hydrogens is 262 g/mol. The third-order valence-corrected chi connectivity index (χ3v) is 4.46. The number of phenols is 1. The number of anilines is 1. The first-order valence-corrected chi connectivity index (χ1v) is 7.75. The van der Waals surface area contributed by atoms with Gasteiger partial charge in [0, 0.05) is 0 Å². The fourth-order valence-corrected chi connectivity index (χ4v) is 3.20. The van der Waals surface area contributed by atoms with Gasteiger partial charge in [-0.05, 0) is 48.9 Å². The second-order valence-corrected chi connectivity index (χ2v) is 6.07. The third kappa shape index (κ3) is 3.48. The summed E-state index contributed by atoms with van der Waals surface area (Å²) in [6.45, 7) is 2.01. The molecule has 1 aromatic carbocycles. The molecule has 0 radical (unpaired) electrons. The van der Waals surface area contributed by atoms with Gasteiger partial charge in [-0.1, -0.05) is 19.3 Å². The van der Waals surface area contributed by atoms with Crippen LogP contribution in [0.25, 0.3) is 0 Å². The van der Waals surface area contributed by atoms with Gasteiger partial charge in [-0.25, -0.2) is 4.21 Å². The quantitative estimate of drug-likeness (QED) is 0.833. The van der Waals surface area contributed by atoms with Crippen molar-refractivity contribution >= 4 is 17.0 Å². The lowest BCUT2D eigenvalue weighted by atomic mass is 9.82. The van der Waals surface area contributed by atoms with Crippen molar-refractivity contribution in [2.75, 3.05) is 11.8 Å². The molecule has 5 heteroatoms. The van der Waals surface area contributed by atoms with Crippen LogP contribution in [-0.2, 0) is 15.4 Å². The van der Waals surface area contributed by atoms with Crippen LogP contribution >= 0.6 is 0 Å². The van der Waals surface area contributed by atoms with Crippen LogP contribution in [-0.4, -0.2) is 16.4 Å². The maximum Gasteiger partial charge on any atom is 0.261 e. The minimum absolute atomic E-state index is 0.113. The highest BCUT2D eigenvalue weighted by atomic mass is 32.2. The van der Waals surface area contributed by atoms with Gasteiger partial charge in [0.05, 0.1) is 12.8 Å². The summed E-state index contributed by atoms with van der Waals surface area (Å²) in [5, 5.41) is 9.91. The fraction of sp³-hybridized carbons (Fsp3) is 0.571. The Labute approximate surface area is 117 Å². The summed E-state index contributed by atoms with van der Waals surface area (Å²) in [6, 6.07) is 3.65. The molecule has 19 heavy (non-hydrogen) atoms. The van der Waals surface area contributed by atoms with Gasteiger partial charge >= 0.3 is 0 Å².